The molecule has 0 aliphatic heterocycles. The Labute approximate surface area is 108 Å². The summed E-state index contributed by atoms with van der Waals surface area (Å²) in [6.45, 7) is 2.44. The highest BCUT2D eigenvalue weighted by atomic mass is 19.1. The SMILES string of the molecule is CC(=O)C1=C(O)c2ccc(F)cc2C(C)(C#N)C1=O. The molecule has 0 radical (unpaired) electrons. The van der Waals surface area contributed by atoms with Crippen molar-refractivity contribution in [1.82, 2.24) is 0 Å². The summed E-state index contributed by atoms with van der Waals surface area (Å²) < 4.78 is 13.3. The van der Waals surface area contributed by atoms with Crippen molar-refractivity contribution in [3.63, 3.8) is 0 Å². The van der Waals surface area contributed by atoms with E-state index >= 15 is 0 Å². The maximum absolute atomic E-state index is 13.3. The normalized spacial score (nSPS) is 21.9. The van der Waals surface area contributed by atoms with Crippen LogP contribution in [0.25, 0.3) is 5.76 Å². The maximum Gasteiger partial charge on any atom is 0.194 e. The monoisotopic (exact) mass is 259 g/mol. The minimum absolute atomic E-state index is 0.0718. The van der Waals surface area contributed by atoms with Gasteiger partial charge < -0.3 is 5.11 Å². The molecule has 1 atom stereocenters. The molecule has 2 rings (SSSR count). The van der Waals surface area contributed by atoms with Crippen LogP contribution in [0.3, 0.4) is 0 Å². The minimum Gasteiger partial charge on any atom is -0.506 e. The molecule has 0 heterocycles. The van der Waals surface area contributed by atoms with Crippen LogP contribution in [-0.4, -0.2) is 16.7 Å². The third kappa shape index (κ3) is 1.65. The molecule has 1 N–H and O–H groups in total. The van der Waals surface area contributed by atoms with Crippen LogP contribution in [0.2, 0.25) is 0 Å². The second-order valence-corrected chi connectivity index (χ2v) is 4.54. The average molecular weight is 259 g/mol. The van der Waals surface area contributed by atoms with Crippen LogP contribution in [0.4, 0.5) is 4.39 Å². The summed E-state index contributed by atoms with van der Waals surface area (Å²) in [4.78, 5) is 23.7. The molecular weight excluding hydrogens is 249 g/mol. The second kappa shape index (κ2) is 4.02. The number of ketones is 2. The highest BCUT2D eigenvalue weighted by Crippen LogP contribution is 2.39. The molecule has 1 aromatic rings. The van der Waals surface area contributed by atoms with E-state index in [1.807, 2.05) is 0 Å². The van der Waals surface area contributed by atoms with E-state index in [2.05, 4.69) is 0 Å². The summed E-state index contributed by atoms with van der Waals surface area (Å²) in [5.74, 6) is -2.55. The number of fused-ring (bicyclic) bond motifs is 1. The lowest BCUT2D eigenvalue weighted by molar-refractivity contribution is -0.122. The molecule has 1 aliphatic carbocycles. The number of nitrogens with zero attached hydrogens (tertiary/aromatic N) is 1. The molecule has 0 saturated carbocycles. The van der Waals surface area contributed by atoms with E-state index in [4.69, 9.17) is 0 Å². The molecule has 0 spiro atoms. The molecule has 0 saturated heterocycles. The van der Waals surface area contributed by atoms with Crippen LogP contribution < -0.4 is 0 Å². The van der Waals surface area contributed by atoms with Gasteiger partial charge in [-0.3, -0.25) is 9.59 Å². The number of nitriles is 1. The quantitative estimate of drug-likeness (QED) is 0.783. The lowest BCUT2D eigenvalue weighted by Crippen LogP contribution is -2.38. The summed E-state index contributed by atoms with van der Waals surface area (Å²) in [6, 6.07) is 5.19. The van der Waals surface area contributed by atoms with Gasteiger partial charge in [0, 0.05) is 5.56 Å². The van der Waals surface area contributed by atoms with Crippen molar-refractivity contribution in [2.45, 2.75) is 19.3 Å². The van der Waals surface area contributed by atoms with Gasteiger partial charge in [0.1, 0.15) is 22.6 Å². The molecule has 4 nitrogen and oxygen atoms in total. The van der Waals surface area contributed by atoms with Crippen molar-refractivity contribution in [2.24, 2.45) is 0 Å². The largest absolute Gasteiger partial charge is 0.506 e. The summed E-state index contributed by atoms with van der Waals surface area (Å²) in [5, 5.41) is 19.2. The zero-order valence-corrected chi connectivity index (χ0v) is 10.3. The van der Waals surface area contributed by atoms with Gasteiger partial charge in [-0.25, -0.2) is 4.39 Å². The molecule has 0 amide bonds. The number of allylic oxidation sites excluding steroid dienone is 1. The Morgan fingerprint density at radius 1 is 1.47 bits per heavy atom. The zero-order chi connectivity index (χ0) is 14.4. The number of aliphatic hydroxyl groups is 1. The van der Waals surface area contributed by atoms with E-state index in [0.29, 0.717) is 0 Å². The average Bonchev–Trinajstić information content (AvgIpc) is 2.35. The Bertz CT molecular complexity index is 684. The minimum atomic E-state index is -1.68. The molecule has 5 heteroatoms. The van der Waals surface area contributed by atoms with E-state index in [9.17, 15) is 24.3 Å². The van der Waals surface area contributed by atoms with Crippen LogP contribution in [0.15, 0.2) is 23.8 Å². The van der Waals surface area contributed by atoms with E-state index in [1.54, 1.807) is 6.07 Å². The molecule has 96 valence electrons. The predicted molar refractivity (Wildman–Crippen MR) is 64.6 cm³/mol. The first-order valence-electron chi connectivity index (χ1n) is 5.53. The summed E-state index contributed by atoms with van der Waals surface area (Å²) >= 11 is 0. The van der Waals surface area contributed by atoms with Crippen LogP contribution in [-0.2, 0) is 15.0 Å². The Kier molecular flexibility index (Phi) is 2.74. The van der Waals surface area contributed by atoms with Crippen molar-refractivity contribution >= 4 is 17.3 Å². The molecule has 1 unspecified atom stereocenters. The fourth-order valence-corrected chi connectivity index (χ4v) is 2.19. The van der Waals surface area contributed by atoms with E-state index in [-0.39, 0.29) is 11.1 Å². The number of carbonyl (C=O) groups excluding carboxylic acids is 2. The number of Topliss-reactive ketones (excluding diaryl/α,β-unsaturated/α-hetero) is 2. The summed E-state index contributed by atoms with van der Waals surface area (Å²) in [5.41, 5.74) is -1.88. The summed E-state index contributed by atoms with van der Waals surface area (Å²) in [7, 11) is 0. The Morgan fingerprint density at radius 3 is 2.63 bits per heavy atom. The fraction of sp³-hybridized carbons (Fsp3) is 0.214. The lowest BCUT2D eigenvalue weighted by atomic mass is 9.70. The molecular formula is C14H10FNO3. The first-order valence-corrected chi connectivity index (χ1v) is 5.53. The molecule has 1 aliphatic rings. The Morgan fingerprint density at radius 2 is 2.11 bits per heavy atom. The molecule has 0 aromatic heterocycles. The zero-order valence-electron chi connectivity index (χ0n) is 10.3. The number of halogens is 1. The van der Waals surface area contributed by atoms with Crippen molar-refractivity contribution in [3.8, 4) is 6.07 Å². The van der Waals surface area contributed by atoms with E-state index < -0.39 is 34.1 Å². The Balaban J connectivity index is 2.90. The maximum atomic E-state index is 13.3. The number of hydrogen-bond acceptors (Lipinski definition) is 4. The van der Waals surface area contributed by atoms with Gasteiger partial charge in [0.25, 0.3) is 0 Å². The molecule has 19 heavy (non-hydrogen) atoms. The number of hydrogen-bond donors (Lipinski definition) is 1. The molecule has 0 fully saturated rings. The van der Waals surface area contributed by atoms with Crippen LogP contribution >= 0.6 is 0 Å². The van der Waals surface area contributed by atoms with Gasteiger partial charge in [0.2, 0.25) is 0 Å². The van der Waals surface area contributed by atoms with Crippen molar-refractivity contribution in [1.29, 1.82) is 5.26 Å². The number of benzene rings is 1. The van der Waals surface area contributed by atoms with Gasteiger partial charge in [-0.05, 0) is 37.6 Å². The predicted octanol–water partition coefficient (Wildman–Crippen LogP) is 2.05. The molecule has 1 aromatic carbocycles. The summed E-state index contributed by atoms with van der Waals surface area (Å²) in [6.07, 6.45) is 0. The van der Waals surface area contributed by atoms with Gasteiger partial charge in [0.15, 0.2) is 11.6 Å². The van der Waals surface area contributed by atoms with Gasteiger partial charge in [-0.15, -0.1) is 0 Å². The van der Waals surface area contributed by atoms with Crippen molar-refractivity contribution in [2.75, 3.05) is 0 Å². The number of carbonyl (C=O) groups is 2. The van der Waals surface area contributed by atoms with E-state index in [0.717, 1.165) is 19.1 Å². The number of rotatable bonds is 1. The standard InChI is InChI=1S/C14H10FNO3/c1-7(17)11-12(18)9-4-3-8(15)5-10(9)14(2,6-16)13(11)19/h3-5,18H,1-2H3. The highest BCUT2D eigenvalue weighted by Gasteiger charge is 2.46. The van der Waals surface area contributed by atoms with Gasteiger partial charge in [-0.2, -0.15) is 5.26 Å². The topological polar surface area (TPSA) is 78.2 Å². The lowest BCUT2D eigenvalue weighted by Gasteiger charge is -2.29. The van der Waals surface area contributed by atoms with Crippen molar-refractivity contribution in [3.05, 3.63) is 40.7 Å². The van der Waals surface area contributed by atoms with Gasteiger partial charge in [0.05, 0.1) is 6.07 Å². The van der Waals surface area contributed by atoms with Gasteiger partial charge >= 0.3 is 0 Å². The number of aliphatic hydroxyl groups excluding tert-OH is 1. The molecule has 0 bridgehead atoms. The van der Waals surface area contributed by atoms with Crippen LogP contribution in [0, 0.1) is 17.1 Å². The first-order chi connectivity index (χ1) is 8.82. The second-order valence-electron chi connectivity index (χ2n) is 4.54. The third-order valence-corrected chi connectivity index (χ3v) is 3.27. The van der Waals surface area contributed by atoms with Crippen LogP contribution in [0.5, 0.6) is 0 Å². The smallest absolute Gasteiger partial charge is 0.194 e. The van der Waals surface area contributed by atoms with E-state index in [1.165, 1.54) is 13.0 Å². The van der Waals surface area contributed by atoms with Crippen LogP contribution in [0.1, 0.15) is 25.0 Å². The van der Waals surface area contributed by atoms with Gasteiger partial charge in [-0.1, -0.05) is 0 Å². The first kappa shape index (κ1) is 13.0. The third-order valence-electron chi connectivity index (χ3n) is 3.27. The van der Waals surface area contributed by atoms with Crippen molar-refractivity contribution < 1.29 is 19.1 Å². The Hall–Kier alpha value is -2.48. The highest BCUT2D eigenvalue weighted by molar-refractivity contribution is 6.29. The fourth-order valence-electron chi connectivity index (χ4n) is 2.19.